The molecule has 100 valence electrons. The molecule has 0 fully saturated rings. The summed E-state index contributed by atoms with van der Waals surface area (Å²) in [4.78, 5) is 10.2. The van der Waals surface area contributed by atoms with Crippen LogP contribution in [0, 0.1) is 17.0 Å². The maximum Gasteiger partial charge on any atom is 0.392 e. The predicted molar refractivity (Wildman–Crippen MR) is 72.8 cm³/mol. The summed E-state index contributed by atoms with van der Waals surface area (Å²) in [7, 11) is 0. The summed E-state index contributed by atoms with van der Waals surface area (Å²) >= 11 is 0. The number of anilines is 1. The first-order valence-corrected chi connectivity index (χ1v) is 6.09. The number of aromatic nitrogens is 2. The van der Waals surface area contributed by atoms with Gasteiger partial charge in [0, 0.05) is 5.69 Å². The number of nitrogens with two attached hydrogens (primary N) is 1. The van der Waals surface area contributed by atoms with E-state index in [1.54, 1.807) is 17.8 Å². The standard InChI is InChI=1S/C13H16N4O2/c1-10-9-16(15-13(10)17(18)19)8-2-3-11-4-6-12(14)7-5-11/h4-7,9H,2-3,8,14H2,1H3. The molecule has 0 radical (unpaired) electrons. The monoisotopic (exact) mass is 260 g/mol. The average Bonchev–Trinajstić information content (AvgIpc) is 2.73. The van der Waals surface area contributed by atoms with Crippen molar-refractivity contribution < 1.29 is 4.92 Å². The molecule has 1 aromatic carbocycles. The van der Waals surface area contributed by atoms with Gasteiger partial charge in [0.05, 0.1) is 23.4 Å². The highest BCUT2D eigenvalue weighted by Gasteiger charge is 2.16. The summed E-state index contributed by atoms with van der Waals surface area (Å²) in [6, 6.07) is 7.73. The lowest BCUT2D eigenvalue weighted by molar-refractivity contribution is -0.390. The van der Waals surface area contributed by atoms with Gasteiger partial charge in [-0.15, -0.1) is 0 Å². The van der Waals surface area contributed by atoms with Gasteiger partial charge in [-0.3, -0.25) is 0 Å². The summed E-state index contributed by atoms with van der Waals surface area (Å²) in [6.07, 6.45) is 3.48. The van der Waals surface area contributed by atoms with E-state index in [-0.39, 0.29) is 5.82 Å². The van der Waals surface area contributed by atoms with Gasteiger partial charge in [-0.2, -0.15) is 4.68 Å². The number of hydrogen-bond acceptors (Lipinski definition) is 4. The van der Waals surface area contributed by atoms with Crippen molar-refractivity contribution in [1.29, 1.82) is 0 Å². The molecule has 19 heavy (non-hydrogen) atoms. The molecule has 2 aromatic rings. The summed E-state index contributed by atoms with van der Waals surface area (Å²) < 4.78 is 1.63. The predicted octanol–water partition coefficient (Wildman–Crippen LogP) is 2.31. The van der Waals surface area contributed by atoms with Gasteiger partial charge in [-0.05, 0) is 42.4 Å². The molecule has 2 N–H and O–H groups in total. The molecule has 0 saturated heterocycles. The Morgan fingerprint density at radius 2 is 2.05 bits per heavy atom. The fourth-order valence-corrected chi connectivity index (χ4v) is 1.94. The van der Waals surface area contributed by atoms with E-state index in [4.69, 9.17) is 5.73 Å². The number of nitrogen functional groups attached to an aromatic ring is 1. The lowest BCUT2D eigenvalue weighted by Gasteiger charge is -2.01. The first-order chi connectivity index (χ1) is 9.06. The first-order valence-electron chi connectivity index (χ1n) is 6.09. The molecule has 0 aliphatic heterocycles. The Kier molecular flexibility index (Phi) is 3.79. The second-order valence-corrected chi connectivity index (χ2v) is 4.50. The van der Waals surface area contributed by atoms with E-state index in [0.29, 0.717) is 12.1 Å². The third-order valence-corrected chi connectivity index (χ3v) is 2.92. The molecule has 0 amide bonds. The minimum atomic E-state index is -0.453. The van der Waals surface area contributed by atoms with Gasteiger partial charge in [0.1, 0.15) is 0 Å². The third kappa shape index (κ3) is 3.31. The Morgan fingerprint density at radius 1 is 1.37 bits per heavy atom. The molecule has 0 spiro atoms. The van der Waals surface area contributed by atoms with Gasteiger partial charge in [-0.25, -0.2) is 0 Å². The summed E-state index contributed by atoms with van der Waals surface area (Å²) in [6.45, 7) is 2.36. The number of nitrogens with zero attached hydrogens (tertiary/aromatic N) is 3. The molecule has 2 rings (SSSR count). The summed E-state index contributed by atoms with van der Waals surface area (Å²) in [5.74, 6) is -0.0625. The van der Waals surface area contributed by atoms with Crippen molar-refractivity contribution in [2.75, 3.05) is 5.73 Å². The smallest absolute Gasteiger partial charge is 0.392 e. The van der Waals surface area contributed by atoms with E-state index in [2.05, 4.69) is 5.10 Å². The maximum absolute atomic E-state index is 10.7. The van der Waals surface area contributed by atoms with Crippen LogP contribution < -0.4 is 5.73 Å². The molecule has 0 saturated carbocycles. The van der Waals surface area contributed by atoms with E-state index in [9.17, 15) is 10.1 Å². The molecule has 1 heterocycles. The molecule has 0 atom stereocenters. The molecule has 0 aliphatic carbocycles. The Hall–Kier alpha value is -2.37. The maximum atomic E-state index is 10.7. The Bertz CT molecular complexity index is 575. The fourth-order valence-electron chi connectivity index (χ4n) is 1.94. The molecule has 0 unspecified atom stereocenters. The lowest BCUT2D eigenvalue weighted by Crippen LogP contribution is -2.01. The van der Waals surface area contributed by atoms with Crippen LogP contribution in [0.1, 0.15) is 17.5 Å². The number of benzene rings is 1. The van der Waals surface area contributed by atoms with Gasteiger partial charge < -0.3 is 15.8 Å². The van der Waals surface area contributed by atoms with Crippen LogP contribution in [0.25, 0.3) is 0 Å². The summed E-state index contributed by atoms with van der Waals surface area (Å²) in [5.41, 5.74) is 8.16. The van der Waals surface area contributed by atoms with Crippen molar-refractivity contribution in [2.45, 2.75) is 26.3 Å². The van der Waals surface area contributed by atoms with E-state index in [1.165, 1.54) is 5.56 Å². The Balaban J connectivity index is 1.90. The van der Waals surface area contributed by atoms with E-state index in [1.807, 2.05) is 24.3 Å². The second-order valence-electron chi connectivity index (χ2n) is 4.50. The zero-order valence-corrected chi connectivity index (χ0v) is 10.7. The second kappa shape index (κ2) is 5.51. The molecule has 0 aliphatic rings. The zero-order chi connectivity index (χ0) is 13.8. The van der Waals surface area contributed by atoms with Crippen molar-refractivity contribution in [3.63, 3.8) is 0 Å². The number of rotatable bonds is 5. The topological polar surface area (TPSA) is 87.0 Å². The quantitative estimate of drug-likeness (QED) is 0.507. The van der Waals surface area contributed by atoms with E-state index < -0.39 is 4.92 Å². The minimum absolute atomic E-state index is 0.0625. The highest BCUT2D eigenvalue weighted by molar-refractivity contribution is 5.39. The normalized spacial score (nSPS) is 10.6. The molecule has 0 bridgehead atoms. The molecule has 6 heteroatoms. The largest absolute Gasteiger partial charge is 0.399 e. The van der Waals surface area contributed by atoms with Crippen LogP contribution >= 0.6 is 0 Å². The average molecular weight is 260 g/mol. The van der Waals surface area contributed by atoms with Crippen molar-refractivity contribution in [1.82, 2.24) is 9.78 Å². The van der Waals surface area contributed by atoms with Gasteiger partial charge in [0.25, 0.3) is 0 Å². The highest BCUT2D eigenvalue weighted by atomic mass is 16.6. The van der Waals surface area contributed by atoms with Gasteiger partial charge >= 0.3 is 5.82 Å². The van der Waals surface area contributed by atoms with Crippen molar-refractivity contribution in [2.24, 2.45) is 0 Å². The van der Waals surface area contributed by atoms with Crippen LogP contribution in [0.3, 0.4) is 0 Å². The van der Waals surface area contributed by atoms with Crippen molar-refractivity contribution in [3.05, 3.63) is 51.7 Å². The van der Waals surface area contributed by atoms with E-state index in [0.717, 1.165) is 18.5 Å². The third-order valence-electron chi connectivity index (χ3n) is 2.92. The molecular formula is C13H16N4O2. The van der Waals surface area contributed by atoms with Crippen LogP contribution in [0.4, 0.5) is 11.5 Å². The van der Waals surface area contributed by atoms with Crippen LogP contribution in [0.15, 0.2) is 30.5 Å². The van der Waals surface area contributed by atoms with Crippen LogP contribution in [0.2, 0.25) is 0 Å². The van der Waals surface area contributed by atoms with Gasteiger partial charge in [0.2, 0.25) is 0 Å². The number of aryl methyl sites for hydroxylation is 3. The highest BCUT2D eigenvalue weighted by Crippen LogP contribution is 2.14. The SMILES string of the molecule is Cc1cn(CCCc2ccc(N)cc2)nc1[N+](=O)[O-]. The number of hydrogen-bond donors (Lipinski definition) is 1. The Labute approximate surface area is 111 Å². The lowest BCUT2D eigenvalue weighted by atomic mass is 10.1. The van der Waals surface area contributed by atoms with Gasteiger partial charge in [0.15, 0.2) is 0 Å². The zero-order valence-electron chi connectivity index (χ0n) is 10.7. The van der Waals surface area contributed by atoms with Crippen LogP contribution in [0.5, 0.6) is 0 Å². The molecular weight excluding hydrogens is 244 g/mol. The fraction of sp³-hybridized carbons (Fsp3) is 0.308. The van der Waals surface area contributed by atoms with Crippen molar-refractivity contribution >= 4 is 11.5 Å². The number of nitro groups is 1. The first kappa shape index (κ1) is 13.1. The Morgan fingerprint density at radius 3 is 2.63 bits per heavy atom. The van der Waals surface area contributed by atoms with Gasteiger partial charge in [-0.1, -0.05) is 12.1 Å². The molecule has 1 aromatic heterocycles. The van der Waals surface area contributed by atoms with Crippen molar-refractivity contribution in [3.8, 4) is 0 Å². The minimum Gasteiger partial charge on any atom is -0.399 e. The van der Waals surface area contributed by atoms with E-state index >= 15 is 0 Å². The van der Waals surface area contributed by atoms with Crippen LogP contribution in [-0.2, 0) is 13.0 Å². The summed E-state index contributed by atoms with van der Waals surface area (Å²) in [5, 5.41) is 14.6. The van der Waals surface area contributed by atoms with Crippen LogP contribution in [-0.4, -0.2) is 14.7 Å². The molecule has 6 nitrogen and oxygen atoms in total.